The first-order chi connectivity index (χ1) is 8.81. The van der Waals surface area contributed by atoms with Crippen molar-refractivity contribution in [3.63, 3.8) is 0 Å². The van der Waals surface area contributed by atoms with Crippen molar-refractivity contribution >= 4 is 40.3 Å². The van der Waals surface area contributed by atoms with Gasteiger partial charge in [0.05, 0.1) is 5.57 Å². The molecule has 0 aliphatic heterocycles. The summed E-state index contributed by atoms with van der Waals surface area (Å²) in [5, 5.41) is 12.3. The minimum Gasteiger partial charge on any atom is -0.447 e. The van der Waals surface area contributed by atoms with Gasteiger partial charge in [-0.15, -0.1) is 22.7 Å². The molecule has 0 aliphatic carbocycles. The molecule has 0 spiro atoms. The summed E-state index contributed by atoms with van der Waals surface area (Å²) >= 11 is 3.01. The summed E-state index contributed by atoms with van der Waals surface area (Å²) < 4.78 is 4.87. The van der Waals surface area contributed by atoms with Crippen molar-refractivity contribution in [2.45, 2.75) is 0 Å². The van der Waals surface area contributed by atoms with Crippen molar-refractivity contribution in [3.8, 4) is 6.07 Å². The molecule has 0 unspecified atom stereocenters. The van der Waals surface area contributed by atoms with E-state index >= 15 is 0 Å². The Balaban J connectivity index is 2.30. The number of esters is 1. The van der Waals surface area contributed by atoms with Gasteiger partial charge in [0.25, 0.3) is 0 Å². The van der Waals surface area contributed by atoms with E-state index in [9.17, 15) is 4.79 Å². The van der Waals surface area contributed by atoms with Crippen LogP contribution in [0.5, 0.6) is 0 Å². The van der Waals surface area contributed by atoms with Crippen molar-refractivity contribution in [2.24, 2.45) is 0 Å². The highest BCUT2D eigenvalue weighted by Gasteiger charge is 2.14. The number of nitriles is 1. The molecule has 3 nitrogen and oxygen atoms in total. The highest BCUT2D eigenvalue weighted by atomic mass is 32.1. The predicted molar refractivity (Wildman–Crippen MR) is 73.1 cm³/mol. The van der Waals surface area contributed by atoms with Crippen LogP contribution in [-0.4, -0.2) is 12.6 Å². The fourth-order valence-electron chi connectivity index (χ4n) is 1.35. The normalized spacial score (nSPS) is 10.9. The average molecular weight is 275 g/mol. The minimum absolute atomic E-state index is 0.230. The SMILES string of the molecule is N#CCOC(=O)C(=Cc1cccs1)c1cccs1. The topological polar surface area (TPSA) is 50.1 Å². The lowest BCUT2D eigenvalue weighted by Crippen LogP contribution is -2.06. The summed E-state index contributed by atoms with van der Waals surface area (Å²) in [5.74, 6) is -0.465. The van der Waals surface area contributed by atoms with Crippen LogP contribution in [-0.2, 0) is 9.53 Å². The van der Waals surface area contributed by atoms with Gasteiger partial charge in [-0.1, -0.05) is 12.1 Å². The number of hydrogen-bond donors (Lipinski definition) is 0. The molecule has 0 bridgehead atoms. The second-order valence-corrected chi connectivity index (χ2v) is 5.21. The predicted octanol–water partition coefficient (Wildman–Crippen LogP) is 3.42. The van der Waals surface area contributed by atoms with E-state index < -0.39 is 5.97 Å². The van der Waals surface area contributed by atoms with Gasteiger partial charge in [-0.25, -0.2) is 4.79 Å². The maximum Gasteiger partial charge on any atom is 0.340 e. The van der Waals surface area contributed by atoms with Crippen molar-refractivity contribution in [1.82, 2.24) is 0 Å². The molecule has 0 fully saturated rings. The van der Waals surface area contributed by atoms with Gasteiger partial charge in [-0.05, 0) is 29.0 Å². The standard InChI is InChI=1S/C13H9NO2S2/c14-5-6-16-13(15)11(12-4-2-8-18-12)9-10-3-1-7-17-10/h1-4,7-9H,6H2. The Morgan fingerprint density at radius 1 is 1.33 bits per heavy atom. The Bertz CT molecular complexity index is 577. The fourth-order valence-corrected chi connectivity index (χ4v) is 2.74. The number of carbonyl (C=O) groups is 1. The molecule has 0 saturated carbocycles. The molecule has 2 rings (SSSR count). The quantitative estimate of drug-likeness (QED) is 0.634. The van der Waals surface area contributed by atoms with E-state index in [0.29, 0.717) is 5.57 Å². The number of thiophene rings is 2. The molecule has 18 heavy (non-hydrogen) atoms. The first-order valence-electron chi connectivity index (χ1n) is 5.14. The zero-order chi connectivity index (χ0) is 12.8. The van der Waals surface area contributed by atoms with E-state index in [2.05, 4.69) is 0 Å². The lowest BCUT2D eigenvalue weighted by molar-refractivity contribution is -0.135. The Morgan fingerprint density at radius 3 is 2.72 bits per heavy atom. The van der Waals surface area contributed by atoms with Crippen LogP contribution in [0.3, 0.4) is 0 Å². The molecule has 0 aromatic carbocycles. The van der Waals surface area contributed by atoms with E-state index in [-0.39, 0.29) is 6.61 Å². The molecule has 2 heterocycles. The van der Waals surface area contributed by atoms with Crippen LogP contribution in [0, 0.1) is 11.3 Å². The lowest BCUT2D eigenvalue weighted by atomic mass is 10.2. The third kappa shape index (κ3) is 3.06. The third-order valence-electron chi connectivity index (χ3n) is 2.10. The monoisotopic (exact) mass is 275 g/mol. The van der Waals surface area contributed by atoms with Crippen molar-refractivity contribution in [2.75, 3.05) is 6.61 Å². The first kappa shape index (κ1) is 12.6. The van der Waals surface area contributed by atoms with E-state index in [1.807, 2.05) is 35.0 Å². The number of rotatable bonds is 4. The number of ether oxygens (including phenoxy) is 1. The van der Waals surface area contributed by atoms with Gasteiger partial charge < -0.3 is 4.74 Å². The maximum absolute atomic E-state index is 11.9. The lowest BCUT2D eigenvalue weighted by Gasteiger charge is -2.03. The molecule has 90 valence electrons. The van der Waals surface area contributed by atoms with Gasteiger partial charge in [0.15, 0.2) is 6.61 Å². The van der Waals surface area contributed by atoms with Gasteiger partial charge in [0.1, 0.15) is 6.07 Å². The van der Waals surface area contributed by atoms with E-state index in [1.165, 1.54) is 11.3 Å². The van der Waals surface area contributed by atoms with Gasteiger partial charge in [0.2, 0.25) is 0 Å². The van der Waals surface area contributed by atoms with Crippen molar-refractivity contribution in [3.05, 3.63) is 44.8 Å². The van der Waals surface area contributed by atoms with Crippen LogP contribution in [0.15, 0.2) is 35.0 Å². The van der Waals surface area contributed by atoms with E-state index in [4.69, 9.17) is 10.00 Å². The summed E-state index contributed by atoms with van der Waals surface area (Å²) in [6, 6.07) is 9.37. The van der Waals surface area contributed by atoms with Crippen molar-refractivity contribution < 1.29 is 9.53 Å². The summed E-state index contributed by atoms with van der Waals surface area (Å²) in [5.41, 5.74) is 0.489. The second kappa shape index (κ2) is 6.15. The zero-order valence-electron chi connectivity index (χ0n) is 9.33. The summed E-state index contributed by atoms with van der Waals surface area (Å²) in [6.45, 7) is -0.230. The summed E-state index contributed by atoms with van der Waals surface area (Å²) in [6.07, 6.45) is 1.79. The molecule has 0 aliphatic rings. The number of hydrogen-bond acceptors (Lipinski definition) is 5. The summed E-state index contributed by atoms with van der Waals surface area (Å²) in [4.78, 5) is 13.7. The van der Waals surface area contributed by atoms with Gasteiger partial charge >= 0.3 is 5.97 Å². The highest BCUT2D eigenvalue weighted by molar-refractivity contribution is 7.12. The Labute approximate surface area is 113 Å². The Hall–Kier alpha value is -1.90. The molecule has 0 saturated heterocycles. The van der Waals surface area contributed by atoms with Crippen molar-refractivity contribution in [1.29, 1.82) is 5.26 Å². The first-order valence-corrected chi connectivity index (χ1v) is 6.90. The van der Waals surface area contributed by atoms with Crippen LogP contribution in [0.2, 0.25) is 0 Å². The van der Waals surface area contributed by atoms with Crippen LogP contribution < -0.4 is 0 Å². The van der Waals surface area contributed by atoms with Gasteiger partial charge in [0, 0.05) is 9.75 Å². The van der Waals surface area contributed by atoms with Gasteiger partial charge in [-0.3, -0.25) is 0 Å². The molecule has 0 radical (unpaired) electrons. The largest absolute Gasteiger partial charge is 0.447 e. The fraction of sp³-hybridized carbons (Fsp3) is 0.0769. The molecule has 2 aromatic rings. The van der Waals surface area contributed by atoms with Crippen LogP contribution in [0.4, 0.5) is 0 Å². The average Bonchev–Trinajstić information content (AvgIpc) is 3.05. The number of carbonyl (C=O) groups excluding carboxylic acids is 1. The molecule has 0 atom stereocenters. The smallest absolute Gasteiger partial charge is 0.340 e. The Morgan fingerprint density at radius 2 is 2.11 bits per heavy atom. The minimum atomic E-state index is -0.465. The zero-order valence-corrected chi connectivity index (χ0v) is 11.0. The molecular weight excluding hydrogens is 266 g/mol. The molecule has 0 amide bonds. The second-order valence-electron chi connectivity index (χ2n) is 3.28. The van der Waals surface area contributed by atoms with Crippen LogP contribution in [0.25, 0.3) is 11.6 Å². The number of nitrogens with zero attached hydrogens (tertiary/aromatic N) is 1. The third-order valence-corrected chi connectivity index (χ3v) is 3.83. The van der Waals surface area contributed by atoms with E-state index in [1.54, 1.807) is 23.5 Å². The molecule has 0 N–H and O–H groups in total. The maximum atomic E-state index is 11.9. The van der Waals surface area contributed by atoms with E-state index in [0.717, 1.165) is 9.75 Å². The van der Waals surface area contributed by atoms with Crippen LogP contribution in [0.1, 0.15) is 9.75 Å². The molecule has 2 aromatic heterocycles. The van der Waals surface area contributed by atoms with Crippen LogP contribution >= 0.6 is 22.7 Å². The molecular formula is C13H9NO2S2. The highest BCUT2D eigenvalue weighted by Crippen LogP contribution is 2.25. The Kier molecular flexibility index (Phi) is 4.29. The summed E-state index contributed by atoms with van der Waals surface area (Å²) in [7, 11) is 0. The molecule has 5 heteroatoms. The van der Waals surface area contributed by atoms with Gasteiger partial charge in [-0.2, -0.15) is 5.26 Å².